The highest BCUT2D eigenvalue weighted by Crippen LogP contribution is 2.22. The van der Waals surface area contributed by atoms with E-state index in [4.69, 9.17) is 4.42 Å². The Bertz CT molecular complexity index is 754. The molecule has 1 N–H and O–H groups in total. The fourth-order valence-electron chi connectivity index (χ4n) is 2.76. The van der Waals surface area contributed by atoms with Crippen molar-refractivity contribution in [2.75, 3.05) is 18.8 Å². The molecule has 0 unspecified atom stereocenters. The van der Waals surface area contributed by atoms with Crippen LogP contribution in [0.25, 0.3) is 0 Å². The number of nitrogens with one attached hydrogen (secondary N) is 1. The third-order valence-corrected chi connectivity index (χ3v) is 5.04. The van der Waals surface area contributed by atoms with E-state index >= 15 is 0 Å². The number of benzene rings is 1. The van der Waals surface area contributed by atoms with Crippen LogP contribution in [-0.2, 0) is 10.5 Å². The Morgan fingerprint density at radius 2 is 1.81 bits per heavy atom. The summed E-state index contributed by atoms with van der Waals surface area (Å²) >= 11 is 1.68. The van der Waals surface area contributed by atoms with Crippen LogP contribution >= 0.6 is 11.8 Å². The van der Waals surface area contributed by atoms with Crippen LogP contribution in [0.4, 0.5) is 0 Å². The van der Waals surface area contributed by atoms with E-state index in [-0.39, 0.29) is 30.7 Å². The summed E-state index contributed by atoms with van der Waals surface area (Å²) in [6, 6.07) is 10.6. The van der Waals surface area contributed by atoms with E-state index in [1.165, 1.54) is 4.90 Å². The summed E-state index contributed by atoms with van der Waals surface area (Å²) < 4.78 is 5.24. The van der Waals surface area contributed by atoms with E-state index in [9.17, 15) is 14.4 Å². The van der Waals surface area contributed by atoms with E-state index in [1.54, 1.807) is 42.3 Å². The molecule has 1 aromatic carbocycles. The number of hydrogen-bond donors (Lipinski definition) is 1. The smallest absolute Gasteiger partial charge is 0.261 e. The van der Waals surface area contributed by atoms with Crippen molar-refractivity contribution in [3.05, 3.63) is 59.5 Å². The number of thioether (sulfide) groups is 1. The van der Waals surface area contributed by atoms with Crippen LogP contribution in [0.15, 0.2) is 47.1 Å². The molecule has 136 valence electrons. The number of nitrogens with zero attached hydrogens (tertiary/aromatic N) is 1. The molecular formula is C19H20N2O4S. The average molecular weight is 372 g/mol. The molecule has 0 fully saturated rings. The van der Waals surface area contributed by atoms with Crippen molar-refractivity contribution in [1.29, 1.82) is 0 Å². The molecule has 0 radical (unpaired) electrons. The zero-order valence-electron chi connectivity index (χ0n) is 14.3. The molecule has 0 aliphatic carbocycles. The van der Waals surface area contributed by atoms with Crippen LogP contribution in [0.5, 0.6) is 0 Å². The van der Waals surface area contributed by atoms with Crippen molar-refractivity contribution in [3.63, 3.8) is 0 Å². The van der Waals surface area contributed by atoms with Gasteiger partial charge in [0.15, 0.2) is 0 Å². The highest BCUT2D eigenvalue weighted by Gasteiger charge is 2.34. The predicted molar refractivity (Wildman–Crippen MR) is 98.9 cm³/mol. The third kappa shape index (κ3) is 4.35. The minimum atomic E-state index is -0.277. The minimum Gasteiger partial charge on any atom is -0.468 e. The highest BCUT2D eigenvalue weighted by atomic mass is 32.2. The van der Waals surface area contributed by atoms with Gasteiger partial charge >= 0.3 is 0 Å². The summed E-state index contributed by atoms with van der Waals surface area (Å²) in [6.07, 6.45) is 2.39. The third-order valence-electron chi connectivity index (χ3n) is 4.06. The van der Waals surface area contributed by atoms with Gasteiger partial charge < -0.3 is 9.73 Å². The van der Waals surface area contributed by atoms with E-state index in [0.717, 1.165) is 17.3 Å². The minimum absolute atomic E-state index is 0.0693. The van der Waals surface area contributed by atoms with Gasteiger partial charge in [-0.3, -0.25) is 19.3 Å². The molecule has 0 saturated heterocycles. The number of carbonyl (C=O) groups is 3. The first-order valence-corrected chi connectivity index (χ1v) is 9.64. The topological polar surface area (TPSA) is 79.6 Å². The summed E-state index contributed by atoms with van der Waals surface area (Å²) in [7, 11) is 0. The van der Waals surface area contributed by atoms with Gasteiger partial charge in [-0.05, 0) is 30.7 Å². The average Bonchev–Trinajstić information content (AvgIpc) is 3.24. The van der Waals surface area contributed by atoms with Gasteiger partial charge in [0.1, 0.15) is 5.76 Å². The largest absolute Gasteiger partial charge is 0.468 e. The van der Waals surface area contributed by atoms with Crippen LogP contribution in [0, 0.1) is 0 Å². The van der Waals surface area contributed by atoms with E-state index in [2.05, 4.69) is 5.32 Å². The van der Waals surface area contributed by atoms with Gasteiger partial charge in [0.05, 0.1) is 23.1 Å². The van der Waals surface area contributed by atoms with Crippen LogP contribution in [0.2, 0.25) is 0 Å². The molecule has 2 aromatic rings. The molecule has 1 aromatic heterocycles. The monoisotopic (exact) mass is 372 g/mol. The second-order valence-electron chi connectivity index (χ2n) is 5.89. The van der Waals surface area contributed by atoms with Gasteiger partial charge in [0, 0.05) is 25.3 Å². The molecule has 0 spiro atoms. The van der Waals surface area contributed by atoms with E-state index in [1.807, 2.05) is 12.1 Å². The molecule has 3 rings (SSSR count). The normalized spacial score (nSPS) is 13.2. The van der Waals surface area contributed by atoms with Crippen LogP contribution in [-0.4, -0.2) is 41.5 Å². The van der Waals surface area contributed by atoms with E-state index < -0.39 is 0 Å². The molecule has 3 amide bonds. The lowest BCUT2D eigenvalue weighted by molar-refractivity contribution is -0.121. The van der Waals surface area contributed by atoms with Gasteiger partial charge in [0.2, 0.25) is 5.91 Å². The SMILES string of the molecule is O=C(CCCN1C(=O)c2ccccc2C1=O)NCCSCc1ccco1. The number of rotatable bonds is 9. The van der Waals surface area contributed by atoms with Crippen molar-refractivity contribution in [3.8, 4) is 0 Å². The Hall–Kier alpha value is -2.54. The van der Waals surface area contributed by atoms with Crippen molar-refractivity contribution in [2.45, 2.75) is 18.6 Å². The number of hydrogen-bond acceptors (Lipinski definition) is 5. The number of fused-ring (bicyclic) bond motifs is 1. The van der Waals surface area contributed by atoms with Crippen molar-refractivity contribution < 1.29 is 18.8 Å². The van der Waals surface area contributed by atoms with Gasteiger partial charge in [-0.2, -0.15) is 11.8 Å². The zero-order chi connectivity index (χ0) is 18.4. The van der Waals surface area contributed by atoms with Gasteiger partial charge in [-0.1, -0.05) is 12.1 Å². The summed E-state index contributed by atoms with van der Waals surface area (Å²) in [5, 5.41) is 2.85. The first-order valence-electron chi connectivity index (χ1n) is 8.49. The Morgan fingerprint density at radius 1 is 1.08 bits per heavy atom. The highest BCUT2D eigenvalue weighted by molar-refractivity contribution is 7.98. The molecule has 0 atom stereocenters. The number of amides is 3. The van der Waals surface area contributed by atoms with Gasteiger partial charge in [0.25, 0.3) is 11.8 Å². The van der Waals surface area contributed by atoms with Crippen LogP contribution in [0.3, 0.4) is 0 Å². The second kappa shape index (κ2) is 8.71. The quantitative estimate of drug-likeness (QED) is 0.541. The van der Waals surface area contributed by atoms with Crippen LogP contribution < -0.4 is 5.32 Å². The molecule has 2 heterocycles. The lowest BCUT2D eigenvalue weighted by Gasteiger charge is -2.13. The molecule has 1 aliphatic heterocycles. The Morgan fingerprint density at radius 3 is 2.46 bits per heavy atom. The second-order valence-corrected chi connectivity index (χ2v) is 7.00. The Kier molecular flexibility index (Phi) is 6.12. The summed E-state index contributed by atoms with van der Waals surface area (Å²) in [5.74, 6) is 1.87. The summed E-state index contributed by atoms with van der Waals surface area (Å²) in [5.41, 5.74) is 0.881. The standard InChI is InChI=1S/C19H20N2O4S/c22-17(20-9-12-26-13-14-5-4-11-25-14)8-3-10-21-18(23)15-6-1-2-7-16(15)19(21)24/h1-2,4-7,11H,3,8-10,12-13H2,(H,20,22). The maximum absolute atomic E-state index is 12.2. The van der Waals surface area contributed by atoms with Gasteiger partial charge in [-0.25, -0.2) is 0 Å². The maximum atomic E-state index is 12.2. The fraction of sp³-hybridized carbons (Fsp3) is 0.316. The molecule has 26 heavy (non-hydrogen) atoms. The molecule has 0 bridgehead atoms. The van der Waals surface area contributed by atoms with Crippen LogP contribution in [0.1, 0.15) is 39.3 Å². The lowest BCUT2D eigenvalue weighted by atomic mass is 10.1. The molecule has 7 heteroatoms. The van der Waals surface area contributed by atoms with Crippen molar-refractivity contribution >= 4 is 29.5 Å². The van der Waals surface area contributed by atoms with Crippen molar-refractivity contribution in [2.24, 2.45) is 0 Å². The van der Waals surface area contributed by atoms with Crippen molar-refractivity contribution in [1.82, 2.24) is 10.2 Å². The molecule has 1 aliphatic rings. The maximum Gasteiger partial charge on any atom is 0.261 e. The molecule has 0 saturated carbocycles. The first kappa shape index (κ1) is 18.3. The summed E-state index contributed by atoms with van der Waals surface area (Å²) in [6.45, 7) is 0.838. The lowest BCUT2D eigenvalue weighted by Crippen LogP contribution is -2.32. The Balaban J connectivity index is 1.32. The predicted octanol–water partition coefficient (Wildman–Crippen LogP) is 2.71. The molecular weight excluding hydrogens is 352 g/mol. The first-order chi connectivity index (χ1) is 12.7. The fourth-order valence-corrected chi connectivity index (χ4v) is 3.51. The molecule has 6 nitrogen and oxygen atoms in total. The number of furan rings is 1. The van der Waals surface area contributed by atoms with Gasteiger partial charge in [-0.15, -0.1) is 0 Å². The van der Waals surface area contributed by atoms with E-state index in [0.29, 0.717) is 24.1 Å². The zero-order valence-corrected chi connectivity index (χ0v) is 15.1. The summed E-state index contributed by atoms with van der Waals surface area (Å²) in [4.78, 5) is 37.5. The Labute approximate surface area is 155 Å². The number of imide groups is 1. The number of carbonyl (C=O) groups excluding carboxylic acids is 3.